The predicted molar refractivity (Wildman–Crippen MR) is 35.8 cm³/mol. The van der Waals surface area contributed by atoms with Crippen molar-refractivity contribution in [3.05, 3.63) is 23.4 Å². The van der Waals surface area contributed by atoms with Crippen molar-refractivity contribution in [2.45, 2.75) is 6.18 Å². The van der Waals surface area contributed by atoms with E-state index in [4.69, 9.17) is 5.26 Å². The fourth-order valence-electron chi connectivity index (χ4n) is 0.764. The van der Waals surface area contributed by atoms with E-state index in [2.05, 4.69) is 5.32 Å². The first-order valence-electron chi connectivity index (χ1n) is 3.16. The van der Waals surface area contributed by atoms with Crippen LogP contribution in [0.25, 0.3) is 0 Å². The van der Waals surface area contributed by atoms with Gasteiger partial charge in [-0.3, -0.25) is 0 Å². The molecule has 0 unspecified atom stereocenters. The van der Waals surface area contributed by atoms with Crippen LogP contribution in [0.5, 0.6) is 0 Å². The second-order valence-electron chi connectivity index (χ2n) is 2.24. The number of hydrogen-bond acceptors (Lipinski definition) is 2. The van der Waals surface area contributed by atoms with E-state index in [0.29, 0.717) is 5.57 Å². The number of allylic oxidation sites excluding steroid dienone is 3. The Morgan fingerprint density at radius 2 is 2.08 bits per heavy atom. The third-order valence-corrected chi connectivity index (χ3v) is 1.37. The molecule has 1 aliphatic rings. The first-order valence-corrected chi connectivity index (χ1v) is 3.16. The Bertz CT molecular complexity index is 280. The molecule has 0 radical (unpaired) electrons. The maximum Gasteiger partial charge on any atom is 0.430 e. The van der Waals surface area contributed by atoms with Gasteiger partial charge in [-0.05, 0) is 12.2 Å². The van der Waals surface area contributed by atoms with Gasteiger partial charge in [0.1, 0.15) is 5.70 Å². The molecule has 2 nitrogen and oxygen atoms in total. The Kier molecular flexibility index (Phi) is 2.09. The number of dihydropyridines is 1. The molecule has 0 fully saturated rings. The maximum absolute atomic E-state index is 11.9. The van der Waals surface area contributed by atoms with Crippen molar-refractivity contribution in [1.82, 2.24) is 5.32 Å². The highest BCUT2D eigenvalue weighted by molar-refractivity contribution is 5.34. The van der Waals surface area contributed by atoms with Crippen molar-refractivity contribution in [3.8, 4) is 6.07 Å². The SMILES string of the molecule is N#CC1=CC=C(C(F)(F)F)NC1. The molecular formula is C7H5F3N2. The topological polar surface area (TPSA) is 35.8 Å². The number of nitrogens with zero attached hydrogens (tertiary/aromatic N) is 1. The maximum atomic E-state index is 11.9. The van der Waals surface area contributed by atoms with Gasteiger partial charge in [0.15, 0.2) is 0 Å². The quantitative estimate of drug-likeness (QED) is 0.603. The lowest BCUT2D eigenvalue weighted by molar-refractivity contribution is -0.0966. The van der Waals surface area contributed by atoms with Gasteiger partial charge in [0.05, 0.1) is 12.6 Å². The summed E-state index contributed by atoms with van der Waals surface area (Å²) in [6.07, 6.45) is -2.32. The van der Waals surface area contributed by atoms with Gasteiger partial charge in [-0.15, -0.1) is 0 Å². The molecule has 64 valence electrons. The second-order valence-corrected chi connectivity index (χ2v) is 2.24. The van der Waals surface area contributed by atoms with Crippen LogP contribution in [-0.4, -0.2) is 12.7 Å². The van der Waals surface area contributed by atoms with Gasteiger partial charge in [0, 0.05) is 5.57 Å². The summed E-state index contributed by atoms with van der Waals surface area (Å²) in [5.74, 6) is 0. The molecule has 0 aliphatic carbocycles. The molecule has 0 bridgehead atoms. The molecule has 0 atom stereocenters. The van der Waals surface area contributed by atoms with E-state index in [0.717, 1.165) is 6.08 Å². The average Bonchev–Trinajstić information content (AvgIpc) is 2.03. The lowest BCUT2D eigenvalue weighted by Gasteiger charge is -2.15. The van der Waals surface area contributed by atoms with Crippen molar-refractivity contribution in [2.24, 2.45) is 0 Å². The van der Waals surface area contributed by atoms with E-state index in [1.54, 1.807) is 6.07 Å². The third-order valence-electron chi connectivity index (χ3n) is 1.37. The van der Waals surface area contributed by atoms with Crippen molar-refractivity contribution in [3.63, 3.8) is 0 Å². The van der Waals surface area contributed by atoms with E-state index >= 15 is 0 Å². The number of hydrogen-bond donors (Lipinski definition) is 1. The summed E-state index contributed by atoms with van der Waals surface area (Å²) in [5, 5.41) is 10.4. The Hall–Kier alpha value is -1.44. The molecule has 0 spiro atoms. The smallest absolute Gasteiger partial charge is 0.376 e. The summed E-state index contributed by atoms with van der Waals surface area (Å²) in [6.45, 7) is -0.0537. The molecule has 0 aromatic heterocycles. The molecule has 0 aromatic carbocycles. The van der Waals surface area contributed by atoms with Crippen molar-refractivity contribution >= 4 is 0 Å². The van der Waals surface area contributed by atoms with Gasteiger partial charge >= 0.3 is 6.18 Å². The minimum absolute atomic E-state index is 0.0537. The summed E-state index contributed by atoms with van der Waals surface area (Å²) in [7, 11) is 0. The predicted octanol–water partition coefficient (Wildman–Crippen LogP) is 1.49. The first kappa shape index (κ1) is 8.65. The van der Waals surface area contributed by atoms with E-state index in [-0.39, 0.29) is 6.54 Å². The Balaban J connectivity index is 2.82. The third kappa shape index (κ3) is 1.78. The van der Waals surface area contributed by atoms with Gasteiger partial charge in [0.2, 0.25) is 0 Å². The normalized spacial score (nSPS) is 17.2. The molecule has 1 rings (SSSR count). The largest absolute Gasteiger partial charge is 0.430 e. The molecule has 0 saturated heterocycles. The van der Waals surface area contributed by atoms with Gasteiger partial charge in [-0.1, -0.05) is 0 Å². The van der Waals surface area contributed by atoms with Crippen LogP contribution in [0.15, 0.2) is 23.4 Å². The fourth-order valence-corrected chi connectivity index (χ4v) is 0.764. The summed E-state index contributed by atoms with van der Waals surface area (Å²) in [5.41, 5.74) is -0.510. The van der Waals surface area contributed by atoms with Gasteiger partial charge in [-0.25, -0.2) is 0 Å². The van der Waals surface area contributed by atoms with Crippen molar-refractivity contribution in [2.75, 3.05) is 6.54 Å². The van der Waals surface area contributed by atoms with E-state index in [1.807, 2.05) is 0 Å². The summed E-state index contributed by atoms with van der Waals surface area (Å²) in [4.78, 5) is 0. The van der Waals surface area contributed by atoms with E-state index in [9.17, 15) is 13.2 Å². The van der Waals surface area contributed by atoms with Crippen molar-refractivity contribution in [1.29, 1.82) is 5.26 Å². The lowest BCUT2D eigenvalue weighted by Crippen LogP contribution is -2.29. The van der Waals surface area contributed by atoms with Crippen LogP contribution >= 0.6 is 0 Å². The second kappa shape index (κ2) is 2.89. The average molecular weight is 174 g/mol. The molecule has 12 heavy (non-hydrogen) atoms. The number of alkyl halides is 3. The van der Waals surface area contributed by atoms with Gasteiger partial charge in [0.25, 0.3) is 0 Å². The Morgan fingerprint density at radius 3 is 2.42 bits per heavy atom. The monoisotopic (exact) mass is 174 g/mol. The zero-order chi connectivity index (χ0) is 9.19. The van der Waals surface area contributed by atoms with Gasteiger partial charge < -0.3 is 5.32 Å². The van der Waals surface area contributed by atoms with E-state index in [1.165, 1.54) is 6.08 Å². The molecule has 0 saturated carbocycles. The minimum atomic E-state index is -4.35. The highest BCUT2D eigenvalue weighted by atomic mass is 19.4. The number of nitriles is 1. The first-order chi connectivity index (χ1) is 5.54. The lowest BCUT2D eigenvalue weighted by atomic mass is 10.2. The number of nitrogens with one attached hydrogen (secondary N) is 1. The summed E-state index contributed by atoms with van der Waals surface area (Å²) < 4.78 is 35.8. The molecule has 0 amide bonds. The van der Waals surface area contributed by atoms with Crippen molar-refractivity contribution < 1.29 is 13.2 Å². The molecule has 0 aromatic rings. The van der Waals surface area contributed by atoms with E-state index < -0.39 is 11.9 Å². The van der Waals surface area contributed by atoms with Crippen LogP contribution < -0.4 is 5.32 Å². The summed E-state index contributed by atoms with van der Waals surface area (Å²) >= 11 is 0. The molecule has 1 heterocycles. The number of rotatable bonds is 0. The van der Waals surface area contributed by atoms with Crippen LogP contribution in [0.4, 0.5) is 13.2 Å². The Labute approximate surface area is 67.0 Å². The highest BCUT2D eigenvalue weighted by Crippen LogP contribution is 2.24. The zero-order valence-corrected chi connectivity index (χ0v) is 5.94. The van der Waals surface area contributed by atoms with Crippen LogP contribution in [-0.2, 0) is 0 Å². The van der Waals surface area contributed by atoms with Crippen LogP contribution in [0, 0.1) is 11.3 Å². The van der Waals surface area contributed by atoms with Gasteiger partial charge in [-0.2, -0.15) is 18.4 Å². The van der Waals surface area contributed by atoms with Crippen LogP contribution in [0.1, 0.15) is 0 Å². The summed E-state index contributed by atoms with van der Waals surface area (Å²) in [6, 6.07) is 1.76. The molecule has 1 N–H and O–H groups in total. The number of halogens is 3. The molecule has 5 heteroatoms. The molecule has 1 aliphatic heterocycles. The van der Waals surface area contributed by atoms with Crippen LogP contribution in [0.2, 0.25) is 0 Å². The minimum Gasteiger partial charge on any atom is -0.376 e. The fraction of sp³-hybridized carbons (Fsp3) is 0.286. The Morgan fingerprint density at radius 1 is 1.42 bits per heavy atom. The van der Waals surface area contributed by atoms with Crippen LogP contribution in [0.3, 0.4) is 0 Å². The zero-order valence-electron chi connectivity index (χ0n) is 5.94. The molecular weight excluding hydrogens is 169 g/mol. The highest BCUT2D eigenvalue weighted by Gasteiger charge is 2.34. The standard InChI is InChI=1S/C7H5F3N2/c8-7(9,10)6-2-1-5(3-11)4-12-6/h1-2,12H,4H2.